The quantitative estimate of drug-likeness (QED) is 0.769. The molecule has 0 aromatic carbocycles. The van der Waals surface area contributed by atoms with Crippen LogP contribution in [0.1, 0.15) is 59.8 Å². The second-order valence-corrected chi connectivity index (χ2v) is 6.41. The lowest BCUT2D eigenvalue weighted by atomic mass is 9.85. The number of aliphatic carboxylic acids is 1. The normalized spacial score (nSPS) is 24.9. The van der Waals surface area contributed by atoms with Crippen LogP contribution in [0, 0.1) is 5.41 Å². The van der Waals surface area contributed by atoms with E-state index in [-0.39, 0.29) is 6.54 Å². The molecule has 1 N–H and O–H groups in total. The minimum absolute atomic E-state index is 0.183. The van der Waals surface area contributed by atoms with Crippen molar-refractivity contribution in [2.45, 2.75) is 71.9 Å². The van der Waals surface area contributed by atoms with Crippen molar-refractivity contribution in [3.63, 3.8) is 0 Å². The Hall–Kier alpha value is -0.570. The van der Waals surface area contributed by atoms with Crippen molar-refractivity contribution in [1.82, 2.24) is 4.90 Å². The zero-order chi connectivity index (χ0) is 13.1. The average Bonchev–Trinajstić information content (AvgIpc) is 2.35. The van der Waals surface area contributed by atoms with E-state index in [9.17, 15) is 4.79 Å². The number of rotatable bonds is 4. The van der Waals surface area contributed by atoms with Crippen LogP contribution in [0.3, 0.4) is 0 Å². The molecule has 0 aliphatic heterocycles. The third kappa shape index (κ3) is 4.66. The van der Waals surface area contributed by atoms with Crippen LogP contribution >= 0.6 is 0 Å². The van der Waals surface area contributed by atoms with E-state index in [4.69, 9.17) is 5.11 Å². The molecule has 1 unspecified atom stereocenters. The first-order valence-corrected chi connectivity index (χ1v) is 6.79. The summed E-state index contributed by atoms with van der Waals surface area (Å²) in [4.78, 5) is 13.1. The molecule has 0 spiro atoms. The maximum absolute atomic E-state index is 10.9. The van der Waals surface area contributed by atoms with Crippen LogP contribution in [0.4, 0.5) is 0 Å². The molecule has 1 aliphatic rings. The van der Waals surface area contributed by atoms with E-state index in [1.807, 2.05) is 0 Å². The zero-order valence-corrected chi connectivity index (χ0v) is 11.7. The summed E-state index contributed by atoms with van der Waals surface area (Å²) in [5.41, 5.74) is 0.431. The summed E-state index contributed by atoms with van der Waals surface area (Å²) in [5.74, 6) is -0.706. The van der Waals surface area contributed by atoms with Gasteiger partial charge in [0, 0.05) is 12.1 Å². The van der Waals surface area contributed by atoms with E-state index in [0.717, 1.165) is 12.8 Å². The summed E-state index contributed by atoms with van der Waals surface area (Å²) in [6.45, 7) is 9.03. The first-order valence-electron chi connectivity index (χ1n) is 6.79. The van der Waals surface area contributed by atoms with Crippen molar-refractivity contribution < 1.29 is 9.90 Å². The molecule has 3 heteroatoms. The van der Waals surface area contributed by atoms with Gasteiger partial charge in [0.15, 0.2) is 0 Å². The lowest BCUT2D eigenvalue weighted by Gasteiger charge is -2.33. The fourth-order valence-electron chi connectivity index (χ4n) is 2.86. The van der Waals surface area contributed by atoms with Gasteiger partial charge in [0.25, 0.3) is 0 Å². The number of nitrogens with zero attached hydrogens (tertiary/aromatic N) is 1. The van der Waals surface area contributed by atoms with Crippen molar-refractivity contribution in [2.24, 2.45) is 5.41 Å². The Morgan fingerprint density at radius 1 is 1.35 bits per heavy atom. The lowest BCUT2D eigenvalue weighted by Crippen LogP contribution is -2.43. The molecule has 1 aliphatic carbocycles. The molecular formula is C14H27NO2. The second kappa shape index (κ2) is 5.85. The summed E-state index contributed by atoms with van der Waals surface area (Å²) in [5, 5.41) is 8.99. The Morgan fingerprint density at radius 3 is 2.53 bits per heavy atom. The third-order valence-electron chi connectivity index (χ3n) is 4.00. The highest BCUT2D eigenvalue weighted by atomic mass is 16.4. The molecule has 100 valence electrons. The predicted octanol–water partition coefficient (Wildman–Crippen LogP) is 3.14. The fraction of sp³-hybridized carbons (Fsp3) is 0.929. The molecule has 0 saturated heterocycles. The number of hydrogen-bond acceptors (Lipinski definition) is 2. The minimum atomic E-state index is -0.706. The topological polar surface area (TPSA) is 40.5 Å². The van der Waals surface area contributed by atoms with Gasteiger partial charge in [0.2, 0.25) is 0 Å². The summed E-state index contributed by atoms with van der Waals surface area (Å²) < 4.78 is 0. The van der Waals surface area contributed by atoms with Gasteiger partial charge in [0.1, 0.15) is 0 Å². The Morgan fingerprint density at radius 2 is 2.00 bits per heavy atom. The molecular weight excluding hydrogens is 214 g/mol. The summed E-state index contributed by atoms with van der Waals surface area (Å²) in [7, 11) is 0. The van der Waals surface area contributed by atoms with Gasteiger partial charge in [-0.1, -0.05) is 20.3 Å². The fourth-order valence-corrected chi connectivity index (χ4v) is 2.86. The highest BCUT2D eigenvalue weighted by Crippen LogP contribution is 2.35. The SMILES string of the molecule is CC(C)N(CC(=O)O)C1CCCC(C)(C)CC1. The molecule has 1 rings (SSSR count). The average molecular weight is 241 g/mol. The molecule has 0 amide bonds. The van der Waals surface area contributed by atoms with E-state index in [1.165, 1.54) is 19.3 Å². The second-order valence-electron chi connectivity index (χ2n) is 6.41. The Balaban J connectivity index is 2.65. The van der Waals surface area contributed by atoms with Crippen LogP contribution in [0.15, 0.2) is 0 Å². The van der Waals surface area contributed by atoms with E-state index >= 15 is 0 Å². The van der Waals surface area contributed by atoms with E-state index < -0.39 is 5.97 Å². The first kappa shape index (κ1) is 14.5. The van der Waals surface area contributed by atoms with Gasteiger partial charge in [0.05, 0.1) is 6.54 Å². The van der Waals surface area contributed by atoms with Gasteiger partial charge < -0.3 is 5.11 Å². The predicted molar refractivity (Wildman–Crippen MR) is 70.1 cm³/mol. The maximum atomic E-state index is 10.9. The van der Waals surface area contributed by atoms with Crippen molar-refractivity contribution in [1.29, 1.82) is 0 Å². The monoisotopic (exact) mass is 241 g/mol. The molecule has 0 bridgehead atoms. The van der Waals surface area contributed by atoms with Gasteiger partial charge >= 0.3 is 5.97 Å². The maximum Gasteiger partial charge on any atom is 0.317 e. The van der Waals surface area contributed by atoms with Crippen molar-refractivity contribution in [2.75, 3.05) is 6.54 Å². The van der Waals surface area contributed by atoms with Crippen LogP contribution in [-0.4, -0.2) is 34.6 Å². The van der Waals surface area contributed by atoms with Crippen LogP contribution < -0.4 is 0 Å². The van der Waals surface area contributed by atoms with Gasteiger partial charge in [-0.15, -0.1) is 0 Å². The van der Waals surface area contributed by atoms with Crippen LogP contribution in [0.5, 0.6) is 0 Å². The molecule has 0 aromatic heterocycles. The van der Waals surface area contributed by atoms with E-state index in [2.05, 4.69) is 32.6 Å². The summed E-state index contributed by atoms with van der Waals surface area (Å²) >= 11 is 0. The largest absolute Gasteiger partial charge is 0.480 e. The minimum Gasteiger partial charge on any atom is -0.480 e. The van der Waals surface area contributed by atoms with E-state index in [0.29, 0.717) is 17.5 Å². The molecule has 17 heavy (non-hydrogen) atoms. The lowest BCUT2D eigenvalue weighted by molar-refractivity contribution is -0.139. The Kier molecular flexibility index (Phi) is 4.99. The molecule has 1 saturated carbocycles. The standard InChI is InChI=1S/C14H27NO2/c1-11(2)15(10-13(16)17)12-6-5-8-14(3,4)9-7-12/h11-12H,5-10H2,1-4H3,(H,16,17). The van der Waals surface area contributed by atoms with Gasteiger partial charge in [-0.3, -0.25) is 9.69 Å². The van der Waals surface area contributed by atoms with Crippen molar-refractivity contribution >= 4 is 5.97 Å². The number of carboxylic acid groups (broad SMARTS) is 1. The van der Waals surface area contributed by atoms with Crippen molar-refractivity contribution in [3.8, 4) is 0 Å². The molecule has 3 nitrogen and oxygen atoms in total. The first-order chi connectivity index (χ1) is 7.82. The van der Waals surface area contributed by atoms with Gasteiger partial charge in [-0.25, -0.2) is 0 Å². The summed E-state index contributed by atoms with van der Waals surface area (Å²) in [6, 6.07) is 0.769. The Bertz CT molecular complexity index is 261. The molecule has 1 atom stereocenters. The molecule has 1 fully saturated rings. The molecule has 0 heterocycles. The third-order valence-corrected chi connectivity index (χ3v) is 4.00. The molecule has 0 aromatic rings. The highest BCUT2D eigenvalue weighted by Gasteiger charge is 2.29. The van der Waals surface area contributed by atoms with Crippen LogP contribution in [-0.2, 0) is 4.79 Å². The Labute approximate surface area is 105 Å². The number of hydrogen-bond donors (Lipinski definition) is 1. The van der Waals surface area contributed by atoms with Crippen LogP contribution in [0.25, 0.3) is 0 Å². The van der Waals surface area contributed by atoms with E-state index in [1.54, 1.807) is 0 Å². The molecule has 0 radical (unpaired) electrons. The highest BCUT2D eigenvalue weighted by molar-refractivity contribution is 5.69. The number of carbonyl (C=O) groups is 1. The summed E-state index contributed by atoms with van der Waals surface area (Å²) in [6.07, 6.45) is 5.98. The smallest absolute Gasteiger partial charge is 0.317 e. The van der Waals surface area contributed by atoms with Crippen LogP contribution in [0.2, 0.25) is 0 Å². The zero-order valence-electron chi connectivity index (χ0n) is 11.7. The number of carboxylic acids is 1. The van der Waals surface area contributed by atoms with Gasteiger partial charge in [-0.05, 0) is 44.9 Å². The van der Waals surface area contributed by atoms with Crippen molar-refractivity contribution in [3.05, 3.63) is 0 Å². The van der Waals surface area contributed by atoms with Gasteiger partial charge in [-0.2, -0.15) is 0 Å².